The summed E-state index contributed by atoms with van der Waals surface area (Å²) in [6.07, 6.45) is -4.53. The predicted molar refractivity (Wildman–Crippen MR) is 102 cm³/mol. The van der Waals surface area contributed by atoms with Crippen molar-refractivity contribution in [1.82, 2.24) is 0 Å². The highest BCUT2D eigenvalue weighted by Gasteiger charge is 2.23. The molecule has 0 bridgehead atoms. The SMILES string of the molecule is CC(C)(c1ccc(OCCCCl)cc1)c1ccc(OC[C@H](F)C(F)F)cc1. The van der Waals surface area contributed by atoms with Crippen LogP contribution in [0.1, 0.15) is 31.4 Å². The smallest absolute Gasteiger partial charge is 0.272 e. The highest BCUT2D eigenvalue weighted by atomic mass is 35.5. The number of hydrogen-bond acceptors (Lipinski definition) is 2. The molecule has 0 unspecified atom stereocenters. The van der Waals surface area contributed by atoms with E-state index in [-0.39, 0.29) is 5.41 Å². The maximum absolute atomic E-state index is 12.9. The highest BCUT2D eigenvalue weighted by molar-refractivity contribution is 6.17. The second-order valence-corrected chi connectivity index (χ2v) is 7.10. The van der Waals surface area contributed by atoms with Gasteiger partial charge in [0.05, 0.1) is 6.61 Å². The summed E-state index contributed by atoms with van der Waals surface area (Å²) in [7, 11) is 0. The lowest BCUT2D eigenvalue weighted by Gasteiger charge is -2.26. The van der Waals surface area contributed by atoms with E-state index in [0.29, 0.717) is 18.2 Å². The zero-order valence-corrected chi connectivity index (χ0v) is 16.2. The molecule has 2 nitrogen and oxygen atoms in total. The van der Waals surface area contributed by atoms with Gasteiger partial charge >= 0.3 is 0 Å². The van der Waals surface area contributed by atoms with Gasteiger partial charge in [0.15, 0.2) is 6.17 Å². The van der Waals surface area contributed by atoms with E-state index < -0.39 is 19.2 Å². The van der Waals surface area contributed by atoms with E-state index in [1.165, 1.54) is 0 Å². The first-order valence-corrected chi connectivity index (χ1v) is 9.33. The molecule has 0 N–H and O–H groups in total. The van der Waals surface area contributed by atoms with Crippen molar-refractivity contribution in [2.75, 3.05) is 19.1 Å². The molecule has 2 aromatic rings. The van der Waals surface area contributed by atoms with Crippen molar-refractivity contribution < 1.29 is 22.6 Å². The molecule has 0 spiro atoms. The topological polar surface area (TPSA) is 18.5 Å². The average Bonchev–Trinajstić information content (AvgIpc) is 2.67. The summed E-state index contributed by atoms with van der Waals surface area (Å²) in [5.74, 6) is 1.72. The van der Waals surface area contributed by atoms with Crippen molar-refractivity contribution in [3.63, 3.8) is 0 Å². The monoisotopic (exact) mass is 400 g/mol. The van der Waals surface area contributed by atoms with Crippen LogP contribution < -0.4 is 9.47 Å². The van der Waals surface area contributed by atoms with Gasteiger partial charge < -0.3 is 9.47 Å². The average molecular weight is 401 g/mol. The summed E-state index contributed by atoms with van der Waals surface area (Å²) in [4.78, 5) is 0. The van der Waals surface area contributed by atoms with E-state index in [1.807, 2.05) is 36.4 Å². The molecule has 0 aliphatic rings. The Morgan fingerprint density at radius 2 is 1.33 bits per heavy atom. The van der Waals surface area contributed by atoms with E-state index in [9.17, 15) is 13.2 Å². The fourth-order valence-electron chi connectivity index (χ4n) is 2.60. The van der Waals surface area contributed by atoms with Crippen LogP contribution in [-0.4, -0.2) is 31.7 Å². The molecule has 1 atom stereocenters. The van der Waals surface area contributed by atoms with Crippen LogP contribution in [0.3, 0.4) is 0 Å². The van der Waals surface area contributed by atoms with Crippen LogP contribution in [0, 0.1) is 0 Å². The molecule has 0 aromatic heterocycles. The van der Waals surface area contributed by atoms with Crippen molar-refractivity contribution in [2.45, 2.75) is 38.3 Å². The summed E-state index contributed by atoms with van der Waals surface area (Å²) in [5, 5.41) is 0. The fourth-order valence-corrected chi connectivity index (χ4v) is 2.70. The minimum absolute atomic E-state index is 0.279. The number of rotatable bonds is 10. The first-order valence-electron chi connectivity index (χ1n) is 8.79. The Hall–Kier alpha value is -1.88. The summed E-state index contributed by atoms with van der Waals surface area (Å²) < 4.78 is 48.0. The third kappa shape index (κ3) is 6.06. The van der Waals surface area contributed by atoms with Gasteiger partial charge in [-0.05, 0) is 41.8 Å². The van der Waals surface area contributed by atoms with Gasteiger partial charge in [-0.3, -0.25) is 0 Å². The Bertz CT molecular complexity index is 688. The molecule has 27 heavy (non-hydrogen) atoms. The molecule has 0 amide bonds. The minimum Gasteiger partial charge on any atom is -0.494 e. The Kier molecular flexibility index (Phi) is 7.84. The van der Waals surface area contributed by atoms with Crippen molar-refractivity contribution >= 4 is 11.6 Å². The van der Waals surface area contributed by atoms with Crippen molar-refractivity contribution in [2.24, 2.45) is 0 Å². The quantitative estimate of drug-likeness (QED) is 0.359. The van der Waals surface area contributed by atoms with Crippen molar-refractivity contribution in [3.8, 4) is 11.5 Å². The van der Waals surface area contributed by atoms with E-state index in [1.54, 1.807) is 12.1 Å². The van der Waals surface area contributed by atoms with Crippen LogP contribution in [0.5, 0.6) is 11.5 Å². The van der Waals surface area contributed by atoms with Crippen LogP contribution in [0.2, 0.25) is 0 Å². The largest absolute Gasteiger partial charge is 0.494 e. The first kappa shape index (κ1) is 21.4. The van der Waals surface area contributed by atoms with Gasteiger partial charge in [-0.2, -0.15) is 0 Å². The number of alkyl halides is 4. The zero-order valence-electron chi connectivity index (χ0n) is 15.4. The Labute approximate surface area is 163 Å². The van der Waals surface area contributed by atoms with Gasteiger partial charge in [-0.1, -0.05) is 38.1 Å². The highest BCUT2D eigenvalue weighted by Crippen LogP contribution is 2.33. The molecule has 148 valence electrons. The second kappa shape index (κ2) is 9.88. The first-order chi connectivity index (χ1) is 12.8. The summed E-state index contributed by atoms with van der Waals surface area (Å²) in [6, 6.07) is 14.9. The van der Waals surface area contributed by atoms with E-state index in [4.69, 9.17) is 21.1 Å². The lowest BCUT2D eigenvalue weighted by Crippen LogP contribution is -2.21. The molecule has 6 heteroatoms. The van der Waals surface area contributed by atoms with Gasteiger partial charge in [0.2, 0.25) is 0 Å². The molecule has 0 heterocycles. The van der Waals surface area contributed by atoms with E-state index in [0.717, 1.165) is 23.3 Å². The Balaban J connectivity index is 2.03. The maximum atomic E-state index is 12.9. The van der Waals surface area contributed by atoms with Gasteiger partial charge in [0.1, 0.15) is 18.1 Å². The van der Waals surface area contributed by atoms with Gasteiger partial charge in [0, 0.05) is 11.3 Å². The molecule has 2 rings (SSSR count). The van der Waals surface area contributed by atoms with Crippen LogP contribution >= 0.6 is 11.6 Å². The van der Waals surface area contributed by atoms with E-state index >= 15 is 0 Å². The molecule has 0 saturated heterocycles. The molecular weight excluding hydrogens is 377 g/mol. The molecular formula is C21H24ClF3O2. The van der Waals surface area contributed by atoms with Crippen molar-refractivity contribution in [1.29, 1.82) is 0 Å². The van der Waals surface area contributed by atoms with Gasteiger partial charge in [0.25, 0.3) is 6.43 Å². The second-order valence-electron chi connectivity index (χ2n) is 6.73. The van der Waals surface area contributed by atoms with Gasteiger partial charge in [-0.15, -0.1) is 11.6 Å². The fraction of sp³-hybridized carbons (Fsp3) is 0.429. The molecule has 0 aliphatic carbocycles. The molecule has 0 radical (unpaired) electrons. The number of halogens is 4. The molecule has 0 aliphatic heterocycles. The Morgan fingerprint density at radius 3 is 1.78 bits per heavy atom. The number of hydrogen-bond donors (Lipinski definition) is 0. The predicted octanol–water partition coefficient (Wildman–Crippen LogP) is 6.00. The van der Waals surface area contributed by atoms with E-state index in [2.05, 4.69) is 13.8 Å². The third-order valence-corrected chi connectivity index (χ3v) is 4.65. The van der Waals surface area contributed by atoms with Crippen LogP contribution in [-0.2, 0) is 5.41 Å². The number of benzene rings is 2. The van der Waals surface area contributed by atoms with Crippen LogP contribution in [0.25, 0.3) is 0 Å². The van der Waals surface area contributed by atoms with Gasteiger partial charge in [-0.25, -0.2) is 13.2 Å². The minimum atomic E-state index is -3.04. The molecule has 2 aromatic carbocycles. The van der Waals surface area contributed by atoms with Crippen LogP contribution in [0.15, 0.2) is 48.5 Å². The summed E-state index contributed by atoms with van der Waals surface area (Å²) in [5.41, 5.74) is 1.84. The third-order valence-electron chi connectivity index (χ3n) is 4.38. The lowest BCUT2D eigenvalue weighted by molar-refractivity contribution is 0.0231. The zero-order chi connectivity index (χ0) is 19.9. The Morgan fingerprint density at radius 1 is 0.852 bits per heavy atom. The van der Waals surface area contributed by atoms with Crippen molar-refractivity contribution in [3.05, 3.63) is 59.7 Å². The number of ether oxygens (including phenoxy) is 2. The standard InChI is InChI=1S/C21H24ClF3O2/c1-21(2,15-4-8-17(9-5-15)26-13-3-12-22)16-6-10-18(11-7-16)27-14-19(23)20(24)25/h4-11,19-20H,3,12-14H2,1-2H3/t19-/m0/s1. The lowest BCUT2D eigenvalue weighted by atomic mass is 9.78. The van der Waals surface area contributed by atoms with Crippen LogP contribution in [0.4, 0.5) is 13.2 Å². The normalized spacial score (nSPS) is 12.9. The summed E-state index contributed by atoms with van der Waals surface area (Å²) in [6.45, 7) is 4.09. The summed E-state index contributed by atoms with van der Waals surface area (Å²) >= 11 is 5.64. The molecule has 0 fully saturated rings. The maximum Gasteiger partial charge on any atom is 0.272 e. The molecule has 0 saturated carbocycles.